The van der Waals surface area contributed by atoms with E-state index in [4.69, 9.17) is 4.52 Å². The molecule has 1 aliphatic heterocycles. The predicted octanol–water partition coefficient (Wildman–Crippen LogP) is 3.79. The van der Waals surface area contributed by atoms with Crippen LogP contribution in [0.3, 0.4) is 0 Å². The second kappa shape index (κ2) is 10.4. The van der Waals surface area contributed by atoms with E-state index in [0.29, 0.717) is 12.6 Å². The quantitative estimate of drug-likeness (QED) is 0.442. The van der Waals surface area contributed by atoms with E-state index in [0.717, 1.165) is 66.3 Å². The molecule has 168 valence electrons. The van der Waals surface area contributed by atoms with Gasteiger partial charge in [0.15, 0.2) is 5.76 Å². The minimum absolute atomic E-state index is 0. The molecule has 0 aliphatic carbocycles. The van der Waals surface area contributed by atoms with Crippen molar-refractivity contribution in [1.29, 1.82) is 0 Å². The van der Waals surface area contributed by atoms with Crippen molar-refractivity contribution in [2.75, 3.05) is 19.6 Å². The fourth-order valence-corrected chi connectivity index (χ4v) is 4.82. The fourth-order valence-electron chi connectivity index (χ4n) is 4.14. The van der Waals surface area contributed by atoms with Crippen LogP contribution in [0, 0.1) is 0 Å². The van der Waals surface area contributed by atoms with Crippen LogP contribution in [-0.4, -0.2) is 45.3 Å². The lowest BCUT2D eigenvalue weighted by molar-refractivity contribution is 0.191. The van der Waals surface area contributed by atoms with E-state index in [9.17, 15) is 4.79 Å². The number of piperidine rings is 1. The number of fused-ring (bicyclic) bond motifs is 1. The highest BCUT2D eigenvalue weighted by molar-refractivity contribution is 7.13. The molecule has 0 radical (unpaired) electrons. The lowest BCUT2D eigenvalue weighted by Gasteiger charge is -2.32. The van der Waals surface area contributed by atoms with Gasteiger partial charge in [-0.05, 0) is 49.5 Å². The lowest BCUT2D eigenvalue weighted by Crippen LogP contribution is -2.43. The Morgan fingerprint density at radius 3 is 2.84 bits per heavy atom. The van der Waals surface area contributed by atoms with Gasteiger partial charge in [0.05, 0.1) is 22.3 Å². The van der Waals surface area contributed by atoms with Gasteiger partial charge in [0.2, 0.25) is 0 Å². The zero-order chi connectivity index (χ0) is 21.0. The molecule has 4 aromatic rings. The van der Waals surface area contributed by atoms with Gasteiger partial charge in [-0.3, -0.25) is 9.78 Å². The monoisotopic (exact) mass is 471 g/mol. The summed E-state index contributed by atoms with van der Waals surface area (Å²) in [5, 5.41) is 10.9. The standard InChI is InChI=1S/C23H25N5O2S.ClH/c29-23-4-3-17-5-8-24-16-20(17)28(23)12-11-27-9-6-18(7-10-27)25-15-19-14-21(30-26-19)22-2-1-13-31-22;/h1-5,8,13-14,16,18,25H,6-7,9-12,15H2;1H. The Kier molecular flexibility index (Phi) is 7.36. The molecule has 0 spiro atoms. The number of halogens is 1. The number of hydrogen-bond donors (Lipinski definition) is 1. The van der Waals surface area contributed by atoms with Crippen molar-refractivity contribution in [2.24, 2.45) is 0 Å². The summed E-state index contributed by atoms with van der Waals surface area (Å²) in [6, 6.07) is 12.0. The van der Waals surface area contributed by atoms with Gasteiger partial charge in [-0.25, -0.2) is 0 Å². The predicted molar refractivity (Wildman–Crippen MR) is 129 cm³/mol. The van der Waals surface area contributed by atoms with Crippen LogP contribution in [0.1, 0.15) is 18.5 Å². The van der Waals surface area contributed by atoms with Crippen LogP contribution in [0.2, 0.25) is 0 Å². The van der Waals surface area contributed by atoms with E-state index in [1.807, 2.05) is 40.3 Å². The number of nitrogens with zero attached hydrogens (tertiary/aromatic N) is 4. The average Bonchev–Trinajstić information content (AvgIpc) is 3.50. The molecule has 9 heteroatoms. The minimum atomic E-state index is 0. The summed E-state index contributed by atoms with van der Waals surface area (Å²) in [6.07, 6.45) is 5.71. The first kappa shape index (κ1) is 22.7. The first-order valence-electron chi connectivity index (χ1n) is 10.6. The lowest BCUT2D eigenvalue weighted by atomic mass is 10.0. The highest BCUT2D eigenvalue weighted by Crippen LogP contribution is 2.25. The molecule has 5 heterocycles. The molecule has 5 rings (SSSR count). The van der Waals surface area contributed by atoms with E-state index in [2.05, 4.69) is 20.4 Å². The van der Waals surface area contributed by atoms with Crippen molar-refractivity contribution in [3.05, 3.63) is 70.2 Å². The van der Waals surface area contributed by atoms with Crippen LogP contribution < -0.4 is 10.9 Å². The maximum Gasteiger partial charge on any atom is 0.251 e. The van der Waals surface area contributed by atoms with Gasteiger partial charge in [0.25, 0.3) is 5.56 Å². The summed E-state index contributed by atoms with van der Waals surface area (Å²) in [5.41, 5.74) is 1.88. The molecule has 0 saturated carbocycles. The van der Waals surface area contributed by atoms with E-state index >= 15 is 0 Å². The normalized spacial score (nSPS) is 15.1. The Morgan fingerprint density at radius 1 is 1.16 bits per heavy atom. The van der Waals surface area contributed by atoms with Crippen molar-refractivity contribution < 1.29 is 4.52 Å². The molecule has 32 heavy (non-hydrogen) atoms. The van der Waals surface area contributed by atoms with E-state index in [1.165, 1.54) is 0 Å². The first-order chi connectivity index (χ1) is 15.3. The molecule has 0 bridgehead atoms. The van der Waals surface area contributed by atoms with Crippen molar-refractivity contribution in [2.45, 2.75) is 32.0 Å². The summed E-state index contributed by atoms with van der Waals surface area (Å²) in [5.74, 6) is 0.834. The third kappa shape index (κ3) is 5.10. The zero-order valence-corrected chi connectivity index (χ0v) is 19.3. The van der Waals surface area contributed by atoms with Crippen molar-refractivity contribution in [3.8, 4) is 10.6 Å². The third-order valence-electron chi connectivity index (χ3n) is 5.92. The molecule has 0 amide bonds. The van der Waals surface area contributed by atoms with Gasteiger partial charge in [0, 0.05) is 49.4 Å². The number of pyridine rings is 2. The average molecular weight is 472 g/mol. The number of hydrogen-bond acceptors (Lipinski definition) is 7. The number of rotatable bonds is 7. The Morgan fingerprint density at radius 2 is 2.03 bits per heavy atom. The van der Waals surface area contributed by atoms with E-state index in [-0.39, 0.29) is 18.0 Å². The molecule has 0 aromatic carbocycles. The topological polar surface area (TPSA) is 76.2 Å². The number of likely N-dealkylation sites (tertiary alicyclic amines) is 1. The second-order valence-electron chi connectivity index (χ2n) is 7.91. The molecule has 1 aliphatic rings. The molecule has 1 saturated heterocycles. The van der Waals surface area contributed by atoms with Crippen LogP contribution in [-0.2, 0) is 13.1 Å². The van der Waals surface area contributed by atoms with Crippen LogP contribution in [0.5, 0.6) is 0 Å². The zero-order valence-electron chi connectivity index (χ0n) is 17.6. The van der Waals surface area contributed by atoms with Gasteiger partial charge in [-0.1, -0.05) is 11.2 Å². The summed E-state index contributed by atoms with van der Waals surface area (Å²) in [6.45, 7) is 4.32. The summed E-state index contributed by atoms with van der Waals surface area (Å²) >= 11 is 1.66. The Hall–Kier alpha value is -2.52. The van der Waals surface area contributed by atoms with Gasteiger partial charge in [-0.15, -0.1) is 23.7 Å². The molecule has 1 N–H and O–H groups in total. The summed E-state index contributed by atoms with van der Waals surface area (Å²) in [4.78, 5) is 20.1. The van der Waals surface area contributed by atoms with Crippen molar-refractivity contribution in [3.63, 3.8) is 0 Å². The fraction of sp³-hybridized carbons (Fsp3) is 0.348. The molecule has 7 nitrogen and oxygen atoms in total. The van der Waals surface area contributed by atoms with Gasteiger partial charge in [-0.2, -0.15) is 0 Å². The Bertz CT molecular complexity index is 1200. The SMILES string of the molecule is Cl.O=c1ccc2ccncc2n1CCN1CCC(NCc2cc(-c3cccs3)on2)CC1. The molecule has 4 aromatic heterocycles. The highest BCUT2D eigenvalue weighted by Gasteiger charge is 2.19. The largest absolute Gasteiger partial charge is 0.355 e. The smallest absolute Gasteiger partial charge is 0.251 e. The maximum absolute atomic E-state index is 12.3. The summed E-state index contributed by atoms with van der Waals surface area (Å²) < 4.78 is 7.30. The minimum Gasteiger partial charge on any atom is -0.355 e. The van der Waals surface area contributed by atoms with Gasteiger partial charge in [0.1, 0.15) is 0 Å². The maximum atomic E-state index is 12.3. The molecule has 0 atom stereocenters. The first-order valence-corrected chi connectivity index (χ1v) is 11.5. The van der Waals surface area contributed by atoms with Crippen molar-refractivity contribution in [1.82, 2.24) is 24.9 Å². The van der Waals surface area contributed by atoms with Gasteiger partial charge >= 0.3 is 0 Å². The number of thiophene rings is 1. The van der Waals surface area contributed by atoms with Gasteiger partial charge < -0.3 is 19.3 Å². The third-order valence-corrected chi connectivity index (χ3v) is 6.80. The van der Waals surface area contributed by atoms with E-state index in [1.54, 1.807) is 29.8 Å². The second-order valence-corrected chi connectivity index (χ2v) is 8.86. The highest BCUT2D eigenvalue weighted by atomic mass is 35.5. The Labute approximate surface area is 196 Å². The molecular formula is C23H26ClN5O2S. The molecule has 0 unspecified atom stereocenters. The van der Waals surface area contributed by atoms with Crippen LogP contribution >= 0.6 is 23.7 Å². The summed E-state index contributed by atoms with van der Waals surface area (Å²) in [7, 11) is 0. The van der Waals surface area contributed by atoms with Crippen LogP contribution in [0.25, 0.3) is 21.5 Å². The number of aromatic nitrogens is 3. The molecular weight excluding hydrogens is 446 g/mol. The van der Waals surface area contributed by atoms with Crippen molar-refractivity contribution >= 4 is 34.6 Å². The molecule has 1 fully saturated rings. The van der Waals surface area contributed by atoms with E-state index < -0.39 is 0 Å². The Balaban J connectivity index is 0.00000245. The van der Waals surface area contributed by atoms with Crippen LogP contribution in [0.4, 0.5) is 0 Å². The van der Waals surface area contributed by atoms with Crippen LogP contribution in [0.15, 0.2) is 63.5 Å². The number of nitrogens with one attached hydrogen (secondary N) is 1.